The fourth-order valence-electron chi connectivity index (χ4n) is 3.99. The normalized spacial score (nSPS) is 15.5. The summed E-state index contributed by atoms with van der Waals surface area (Å²) in [5.41, 5.74) is 3.87. The number of hydrogen-bond acceptors (Lipinski definition) is 5. The lowest BCUT2D eigenvalue weighted by Crippen LogP contribution is -2.39. The second-order valence-electron chi connectivity index (χ2n) is 7.38. The van der Waals surface area contributed by atoms with Crippen LogP contribution in [0, 0.1) is 5.92 Å². The van der Waals surface area contributed by atoms with Crippen LogP contribution < -0.4 is 0 Å². The van der Waals surface area contributed by atoms with Gasteiger partial charge in [-0.15, -0.1) is 5.10 Å². The van der Waals surface area contributed by atoms with Gasteiger partial charge in [-0.05, 0) is 37.0 Å². The van der Waals surface area contributed by atoms with Crippen LogP contribution in [0.2, 0.25) is 0 Å². The number of aryl methyl sites for hydroxylation is 1. The number of para-hydroxylation sites is 2. The van der Waals surface area contributed by atoms with Gasteiger partial charge in [0, 0.05) is 32.8 Å². The number of nitrogens with one attached hydrogen (secondary N) is 1. The van der Waals surface area contributed by atoms with Gasteiger partial charge in [0.15, 0.2) is 5.65 Å². The molecule has 142 valence electrons. The number of imidazole rings is 1. The monoisotopic (exact) mass is 375 g/mol. The van der Waals surface area contributed by atoms with E-state index in [2.05, 4.69) is 31.3 Å². The number of rotatable bonds is 3. The molecule has 8 heteroatoms. The summed E-state index contributed by atoms with van der Waals surface area (Å²) in [5, 5.41) is 8.10. The number of H-pyrrole nitrogens is 1. The molecule has 3 aromatic heterocycles. The molecule has 4 aromatic rings. The van der Waals surface area contributed by atoms with E-state index >= 15 is 0 Å². The van der Waals surface area contributed by atoms with Crippen molar-refractivity contribution in [2.24, 2.45) is 13.0 Å². The Bertz CT molecular complexity index is 1120. The average molecular weight is 375 g/mol. The Balaban J connectivity index is 1.27. The number of benzene rings is 1. The van der Waals surface area contributed by atoms with Crippen molar-refractivity contribution in [3.8, 4) is 0 Å². The fourth-order valence-corrected chi connectivity index (χ4v) is 3.99. The van der Waals surface area contributed by atoms with Crippen LogP contribution in [0.4, 0.5) is 0 Å². The molecule has 0 atom stereocenters. The van der Waals surface area contributed by atoms with E-state index in [1.807, 2.05) is 23.1 Å². The zero-order valence-electron chi connectivity index (χ0n) is 15.7. The van der Waals surface area contributed by atoms with Crippen molar-refractivity contribution >= 4 is 28.1 Å². The average Bonchev–Trinajstić information content (AvgIpc) is 3.31. The standard InChI is InChI=1S/C20H21N7O/c1-26-19-18(24-25-26)14(6-9-21-19)20(28)27-10-7-13(8-11-27)12-17-22-15-4-2-3-5-16(15)23-17/h2-6,9,13H,7-8,10-12H2,1H3,(H,22,23). The molecule has 0 unspecified atom stereocenters. The molecule has 0 aliphatic carbocycles. The molecule has 1 aliphatic rings. The van der Waals surface area contributed by atoms with Gasteiger partial charge in [0.2, 0.25) is 0 Å². The van der Waals surface area contributed by atoms with Gasteiger partial charge in [-0.2, -0.15) is 0 Å². The van der Waals surface area contributed by atoms with Crippen molar-refractivity contribution in [2.75, 3.05) is 13.1 Å². The predicted molar refractivity (Wildman–Crippen MR) is 105 cm³/mol. The van der Waals surface area contributed by atoms with Crippen LogP contribution >= 0.6 is 0 Å². The summed E-state index contributed by atoms with van der Waals surface area (Å²) >= 11 is 0. The molecule has 0 bridgehead atoms. The first-order chi connectivity index (χ1) is 13.7. The summed E-state index contributed by atoms with van der Waals surface area (Å²) in [4.78, 5) is 27.3. The molecule has 0 radical (unpaired) electrons. The fraction of sp³-hybridized carbons (Fsp3) is 0.350. The van der Waals surface area contributed by atoms with Crippen LogP contribution in [-0.4, -0.2) is 53.8 Å². The largest absolute Gasteiger partial charge is 0.342 e. The molecule has 28 heavy (non-hydrogen) atoms. The predicted octanol–water partition coefficient (Wildman–Crippen LogP) is 2.33. The van der Waals surface area contributed by atoms with Crippen molar-refractivity contribution in [3.63, 3.8) is 0 Å². The molecule has 1 saturated heterocycles. The summed E-state index contributed by atoms with van der Waals surface area (Å²) < 4.78 is 1.59. The molecule has 1 aromatic carbocycles. The number of likely N-dealkylation sites (tertiary alicyclic amines) is 1. The third-order valence-electron chi connectivity index (χ3n) is 5.54. The number of carbonyl (C=O) groups excluding carboxylic acids is 1. The molecule has 4 heterocycles. The molecule has 8 nitrogen and oxygen atoms in total. The van der Waals surface area contributed by atoms with E-state index < -0.39 is 0 Å². The van der Waals surface area contributed by atoms with Crippen molar-refractivity contribution in [3.05, 3.63) is 47.9 Å². The molecule has 1 fully saturated rings. The number of fused-ring (bicyclic) bond motifs is 2. The highest BCUT2D eigenvalue weighted by Gasteiger charge is 2.26. The molecule has 1 aliphatic heterocycles. The summed E-state index contributed by atoms with van der Waals surface area (Å²) in [6.07, 6.45) is 4.50. The molecule has 0 spiro atoms. The SMILES string of the molecule is Cn1nnc2c(C(=O)N3CCC(Cc4nc5ccccc5[nH]4)CC3)ccnc21. The van der Waals surface area contributed by atoms with Crippen LogP contribution in [0.1, 0.15) is 29.0 Å². The number of aromatic nitrogens is 6. The van der Waals surface area contributed by atoms with Crippen molar-refractivity contribution in [2.45, 2.75) is 19.3 Å². The Morgan fingerprint density at radius 1 is 1.21 bits per heavy atom. The lowest BCUT2D eigenvalue weighted by molar-refractivity contribution is 0.0691. The molecular formula is C20H21N7O. The number of amides is 1. The summed E-state index contributed by atoms with van der Waals surface area (Å²) in [7, 11) is 1.78. The minimum absolute atomic E-state index is 0.00934. The third kappa shape index (κ3) is 2.90. The minimum Gasteiger partial charge on any atom is -0.342 e. The zero-order chi connectivity index (χ0) is 19.1. The quantitative estimate of drug-likeness (QED) is 0.593. The zero-order valence-corrected chi connectivity index (χ0v) is 15.7. The second-order valence-corrected chi connectivity index (χ2v) is 7.38. The number of nitrogens with zero attached hydrogens (tertiary/aromatic N) is 6. The highest BCUT2D eigenvalue weighted by Crippen LogP contribution is 2.24. The smallest absolute Gasteiger partial charge is 0.256 e. The molecular weight excluding hydrogens is 354 g/mol. The maximum Gasteiger partial charge on any atom is 0.256 e. The highest BCUT2D eigenvalue weighted by molar-refractivity contribution is 6.03. The Morgan fingerprint density at radius 2 is 2.04 bits per heavy atom. The van der Waals surface area contributed by atoms with E-state index in [1.54, 1.807) is 24.0 Å². The van der Waals surface area contributed by atoms with Crippen LogP contribution in [0.25, 0.3) is 22.2 Å². The minimum atomic E-state index is 0.00934. The van der Waals surface area contributed by atoms with Gasteiger partial charge >= 0.3 is 0 Å². The van der Waals surface area contributed by atoms with E-state index in [9.17, 15) is 4.79 Å². The molecule has 0 saturated carbocycles. The van der Waals surface area contributed by atoms with Gasteiger partial charge in [0.05, 0.1) is 16.6 Å². The van der Waals surface area contributed by atoms with E-state index in [-0.39, 0.29) is 5.91 Å². The summed E-state index contributed by atoms with van der Waals surface area (Å²) in [6.45, 7) is 1.49. The first-order valence-electron chi connectivity index (χ1n) is 9.56. The van der Waals surface area contributed by atoms with Crippen LogP contribution in [0.5, 0.6) is 0 Å². The lowest BCUT2D eigenvalue weighted by Gasteiger charge is -2.31. The van der Waals surface area contributed by atoms with Gasteiger partial charge < -0.3 is 9.88 Å². The lowest BCUT2D eigenvalue weighted by atomic mass is 9.93. The number of piperidine rings is 1. The molecule has 5 rings (SSSR count). The van der Waals surface area contributed by atoms with Crippen molar-refractivity contribution in [1.29, 1.82) is 0 Å². The maximum absolute atomic E-state index is 13.0. The number of aromatic amines is 1. The number of hydrogen-bond donors (Lipinski definition) is 1. The first-order valence-corrected chi connectivity index (χ1v) is 9.56. The second kappa shape index (κ2) is 6.70. The summed E-state index contributed by atoms with van der Waals surface area (Å²) in [6, 6.07) is 9.83. The van der Waals surface area contributed by atoms with Gasteiger partial charge in [-0.1, -0.05) is 17.3 Å². The van der Waals surface area contributed by atoms with E-state index in [1.165, 1.54) is 0 Å². The van der Waals surface area contributed by atoms with Gasteiger partial charge in [0.25, 0.3) is 5.91 Å². The highest BCUT2D eigenvalue weighted by atomic mass is 16.2. The Labute approximate surface area is 161 Å². The summed E-state index contributed by atoms with van der Waals surface area (Å²) in [5.74, 6) is 1.56. The number of carbonyl (C=O) groups is 1. The van der Waals surface area contributed by atoms with Crippen LogP contribution in [0.15, 0.2) is 36.5 Å². The van der Waals surface area contributed by atoms with Crippen LogP contribution in [-0.2, 0) is 13.5 Å². The van der Waals surface area contributed by atoms with E-state index in [0.29, 0.717) is 22.6 Å². The number of pyridine rings is 1. The van der Waals surface area contributed by atoms with Gasteiger partial charge in [0.1, 0.15) is 11.3 Å². The van der Waals surface area contributed by atoms with Crippen LogP contribution in [0.3, 0.4) is 0 Å². The Hall–Kier alpha value is -3.29. The van der Waals surface area contributed by atoms with Crippen molar-refractivity contribution < 1.29 is 4.79 Å². The first kappa shape index (κ1) is 16.9. The maximum atomic E-state index is 13.0. The molecule has 1 N–H and O–H groups in total. The third-order valence-corrected chi connectivity index (χ3v) is 5.54. The van der Waals surface area contributed by atoms with E-state index in [4.69, 9.17) is 0 Å². The van der Waals surface area contributed by atoms with Gasteiger partial charge in [-0.25, -0.2) is 14.6 Å². The Kier molecular flexibility index (Phi) is 4.03. The molecule has 1 amide bonds. The van der Waals surface area contributed by atoms with E-state index in [0.717, 1.165) is 49.2 Å². The van der Waals surface area contributed by atoms with Gasteiger partial charge in [-0.3, -0.25) is 4.79 Å². The Morgan fingerprint density at radius 3 is 2.86 bits per heavy atom. The topological polar surface area (TPSA) is 92.6 Å². The van der Waals surface area contributed by atoms with Crippen molar-refractivity contribution in [1.82, 2.24) is 34.8 Å².